The monoisotopic (exact) mass is 361 g/mol. The molecule has 2 atom stereocenters. The molecule has 1 aromatic rings. The summed E-state index contributed by atoms with van der Waals surface area (Å²) < 4.78 is 16.0. The smallest absolute Gasteiger partial charge is 0.136 e. The van der Waals surface area contributed by atoms with Crippen LogP contribution in [0.3, 0.4) is 0 Å². The quantitative estimate of drug-likeness (QED) is 0.833. The van der Waals surface area contributed by atoms with Crippen LogP contribution in [0.15, 0.2) is 30.1 Å². The zero-order valence-electron chi connectivity index (χ0n) is 16.1. The van der Waals surface area contributed by atoms with Gasteiger partial charge in [-0.15, -0.1) is 4.72 Å². The molecule has 2 aliphatic rings. The van der Waals surface area contributed by atoms with Gasteiger partial charge in [0.2, 0.25) is 0 Å². The highest BCUT2D eigenvalue weighted by atomic mass is 32.2. The van der Waals surface area contributed by atoms with Crippen molar-refractivity contribution >= 4 is 11.4 Å². The number of hydrogen-bond donors (Lipinski definition) is 1. The summed E-state index contributed by atoms with van der Waals surface area (Å²) in [5.74, 6) is 0. The molecule has 2 heterocycles. The fourth-order valence-corrected chi connectivity index (χ4v) is 4.98. The number of pyridine rings is 1. The Balaban J connectivity index is 1.86. The van der Waals surface area contributed by atoms with E-state index in [1.54, 1.807) is 0 Å². The largest absolute Gasteiger partial charge is 0.598 e. The number of nitrogens with zero attached hydrogens (tertiary/aromatic N) is 2. The molecule has 1 fully saturated rings. The lowest BCUT2D eigenvalue weighted by atomic mass is 9.73. The van der Waals surface area contributed by atoms with Gasteiger partial charge < -0.3 is 9.45 Å². The highest BCUT2D eigenvalue weighted by Crippen LogP contribution is 2.52. The van der Waals surface area contributed by atoms with Gasteiger partial charge in [0.15, 0.2) is 0 Å². The Kier molecular flexibility index (Phi) is 5.20. The van der Waals surface area contributed by atoms with Gasteiger partial charge in [0.05, 0.1) is 5.69 Å². The molecule has 4 nitrogen and oxygen atoms in total. The third-order valence-electron chi connectivity index (χ3n) is 5.81. The Bertz CT molecular complexity index is 645. The van der Waals surface area contributed by atoms with Crippen LogP contribution in [0.1, 0.15) is 64.8 Å². The molecule has 0 saturated carbocycles. The highest BCUT2D eigenvalue weighted by molar-refractivity contribution is 7.90. The summed E-state index contributed by atoms with van der Waals surface area (Å²) in [5.41, 5.74) is 3.91. The first-order chi connectivity index (χ1) is 11.8. The molecule has 0 amide bonds. The lowest BCUT2D eigenvalue weighted by Crippen LogP contribution is -2.49. The second kappa shape index (κ2) is 6.93. The van der Waals surface area contributed by atoms with Gasteiger partial charge in [0.1, 0.15) is 10.8 Å². The maximum atomic E-state index is 12.8. The SMILES string of the molecule is C/C=C(\C)N1CCC2(CC1)Cc1cccnc1[C@H]2N[S@+]([O-])C(C)(C)C. The normalized spacial score (nSPS) is 24.5. The predicted octanol–water partition coefficient (Wildman–Crippen LogP) is 3.74. The van der Waals surface area contributed by atoms with Crippen molar-refractivity contribution in [3.05, 3.63) is 41.4 Å². The first-order valence-corrected chi connectivity index (χ1v) is 10.4. The van der Waals surface area contributed by atoms with Gasteiger partial charge in [0.25, 0.3) is 0 Å². The van der Waals surface area contributed by atoms with Crippen LogP contribution in [-0.2, 0) is 17.8 Å². The van der Waals surface area contributed by atoms with Crippen LogP contribution in [0.4, 0.5) is 0 Å². The van der Waals surface area contributed by atoms with Crippen LogP contribution in [0.2, 0.25) is 0 Å². The number of nitrogens with one attached hydrogen (secondary N) is 1. The molecule has 1 aromatic heterocycles. The van der Waals surface area contributed by atoms with Crippen LogP contribution < -0.4 is 4.72 Å². The topological polar surface area (TPSA) is 51.2 Å². The molecular weight excluding hydrogens is 330 g/mol. The molecule has 0 aromatic carbocycles. The Labute approximate surface area is 155 Å². The summed E-state index contributed by atoms with van der Waals surface area (Å²) in [5, 5.41) is 0. The van der Waals surface area contributed by atoms with E-state index in [4.69, 9.17) is 0 Å². The number of hydrogen-bond acceptors (Lipinski definition) is 4. The molecule has 1 N–H and O–H groups in total. The minimum Gasteiger partial charge on any atom is -0.598 e. The van der Waals surface area contributed by atoms with Crippen molar-refractivity contribution in [2.24, 2.45) is 5.41 Å². The van der Waals surface area contributed by atoms with Gasteiger partial charge in [-0.1, -0.05) is 12.1 Å². The maximum absolute atomic E-state index is 12.8. The fraction of sp³-hybridized carbons (Fsp3) is 0.650. The zero-order valence-corrected chi connectivity index (χ0v) is 16.9. The second-order valence-electron chi connectivity index (χ2n) is 8.44. The van der Waals surface area contributed by atoms with E-state index in [0.29, 0.717) is 0 Å². The van der Waals surface area contributed by atoms with Gasteiger partial charge in [-0.3, -0.25) is 4.98 Å². The third kappa shape index (κ3) is 3.60. The van der Waals surface area contributed by atoms with Crippen molar-refractivity contribution in [1.82, 2.24) is 14.6 Å². The summed E-state index contributed by atoms with van der Waals surface area (Å²) in [7, 11) is 0. The van der Waals surface area contributed by atoms with Crippen molar-refractivity contribution in [3.63, 3.8) is 0 Å². The standard InChI is InChI=1S/C20H31N3OS/c1-6-15(2)23-12-9-20(10-13-23)14-16-8-7-11-21-17(16)18(20)22-25(24)19(3,4)5/h6-8,11,18,22H,9-10,12-14H2,1-5H3/b15-6+/t18-,25-/m1/s1. The van der Waals surface area contributed by atoms with Gasteiger partial charge in [-0.05, 0) is 65.5 Å². The minimum atomic E-state index is -1.10. The molecule has 0 unspecified atom stereocenters. The van der Waals surface area contributed by atoms with Crippen molar-refractivity contribution in [2.75, 3.05) is 13.1 Å². The average molecular weight is 362 g/mol. The molecule has 0 radical (unpaired) electrons. The van der Waals surface area contributed by atoms with Crippen molar-refractivity contribution in [2.45, 2.75) is 64.7 Å². The van der Waals surface area contributed by atoms with E-state index >= 15 is 0 Å². The summed E-state index contributed by atoms with van der Waals surface area (Å²) in [6.45, 7) is 12.5. The molecule has 25 heavy (non-hydrogen) atoms. The van der Waals surface area contributed by atoms with Crippen LogP contribution in [0.25, 0.3) is 0 Å². The number of piperidine rings is 1. The molecule has 5 heteroatoms. The molecular formula is C20H31N3OS. The molecule has 1 aliphatic carbocycles. The van der Waals surface area contributed by atoms with Crippen LogP contribution in [0, 0.1) is 5.41 Å². The first kappa shape index (κ1) is 18.7. The van der Waals surface area contributed by atoms with E-state index in [0.717, 1.165) is 38.0 Å². The van der Waals surface area contributed by atoms with Crippen LogP contribution in [0.5, 0.6) is 0 Å². The first-order valence-electron chi connectivity index (χ1n) is 9.26. The van der Waals surface area contributed by atoms with E-state index in [-0.39, 0.29) is 16.2 Å². The second-order valence-corrected chi connectivity index (χ2v) is 10.4. The maximum Gasteiger partial charge on any atom is 0.136 e. The van der Waals surface area contributed by atoms with E-state index < -0.39 is 11.4 Å². The number of allylic oxidation sites excluding steroid dienone is 2. The molecule has 1 saturated heterocycles. The molecule has 3 rings (SSSR count). The van der Waals surface area contributed by atoms with E-state index in [1.165, 1.54) is 11.3 Å². The van der Waals surface area contributed by atoms with Gasteiger partial charge in [0, 0.05) is 41.8 Å². The number of fused-ring (bicyclic) bond motifs is 1. The van der Waals surface area contributed by atoms with Crippen molar-refractivity contribution in [3.8, 4) is 0 Å². The average Bonchev–Trinajstić information content (AvgIpc) is 2.87. The lowest BCUT2D eigenvalue weighted by Gasteiger charge is -2.44. The van der Waals surface area contributed by atoms with Gasteiger partial charge >= 0.3 is 0 Å². The number of aromatic nitrogens is 1. The van der Waals surface area contributed by atoms with E-state index in [9.17, 15) is 4.55 Å². The highest BCUT2D eigenvalue weighted by Gasteiger charge is 2.51. The number of rotatable bonds is 3. The van der Waals surface area contributed by atoms with Crippen molar-refractivity contribution < 1.29 is 4.55 Å². The summed E-state index contributed by atoms with van der Waals surface area (Å²) >= 11 is -1.10. The fourth-order valence-electron chi connectivity index (χ4n) is 4.05. The Morgan fingerprint density at radius 2 is 2.08 bits per heavy atom. The summed E-state index contributed by atoms with van der Waals surface area (Å²) in [6, 6.07) is 4.29. The number of likely N-dealkylation sites (tertiary alicyclic amines) is 1. The van der Waals surface area contributed by atoms with Gasteiger partial charge in [-0.2, -0.15) is 0 Å². The summed E-state index contributed by atoms with van der Waals surface area (Å²) in [6.07, 6.45) is 7.30. The molecule has 1 aliphatic heterocycles. The Hall–Kier alpha value is -1.04. The van der Waals surface area contributed by atoms with Crippen LogP contribution >= 0.6 is 0 Å². The Morgan fingerprint density at radius 3 is 2.68 bits per heavy atom. The molecule has 0 bridgehead atoms. The lowest BCUT2D eigenvalue weighted by molar-refractivity contribution is 0.102. The zero-order chi connectivity index (χ0) is 18.2. The van der Waals surface area contributed by atoms with Crippen LogP contribution in [-0.4, -0.2) is 32.3 Å². The molecule has 138 valence electrons. The van der Waals surface area contributed by atoms with E-state index in [1.807, 2.05) is 33.0 Å². The Morgan fingerprint density at radius 1 is 1.40 bits per heavy atom. The predicted molar refractivity (Wildman–Crippen MR) is 104 cm³/mol. The molecule has 1 spiro atoms. The minimum absolute atomic E-state index is 0.0804. The van der Waals surface area contributed by atoms with E-state index in [2.05, 4.69) is 40.6 Å². The summed E-state index contributed by atoms with van der Waals surface area (Å²) in [4.78, 5) is 7.15. The van der Waals surface area contributed by atoms with Gasteiger partial charge in [-0.25, -0.2) is 0 Å². The third-order valence-corrected chi connectivity index (χ3v) is 7.37. The van der Waals surface area contributed by atoms with Crippen molar-refractivity contribution in [1.29, 1.82) is 0 Å².